The predicted octanol–water partition coefficient (Wildman–Crippen LogP) is 3.36. The van der Waals surface area contributed by atoms with Crippen LogP contribution in [-0.4, -0.2) is 6.61 Å². The summed E-state index contributed by atoms with van der Waals surface area (Å²) < 4.78 is 5.56. The van der Waals surface area contributed by atoms with E-state index in [1.807, 2.05) is 26.0 Å². The molecule has 74 valence electrons. The van der Waals surface area contributed by atoms with Crippen molar-refractivity contribution in [1.29, 1.82) is 0 Å². The van der Waals surface area contributed by atoms with Crippen molar-refractivity contribution in [1.82, 2.24) is 0 Å². The molecule has 1 rings (SSSR count). The summed E-state index contributed by atoms with van der Waals surface area (Å²) in [5.41, 5.74) is 2.10. The number of aryl methyl sites for hydroxylation is 2. The van der Waals surface area contributed by atoms with Gasteiger partial charge in [-0.1, -0.05) is 11.6 Å². The van der Waals surface area contributed by atoms with Crippen LogP contribution in [-0.2, 0) is 0 Å². The van der Waals surface area contributed by atoms with E-state index in [1.165, 1.54) is 0 Å². The topological polar surface area (TPSA) is 9.23 Å². The average molecular weight is 209 g/mol. The molecule has 1 aromatic rings. The van der Waals surface area contributed by atoms with Crippen LogP contribution < -0.4 is 4.74 Å². The standard InChI is InChI=1S/C12H13ClO/c1-4-5-6-14-12-9(2)7-11(13)8-10(12)3/h1,7-8H,5-6H2,2-3H3. The molecular weight excluding hydrogens is 196 g/mol. The minimum absolute atomic E-state index is 0.555. The van der Waals surface area contributed by atoms with Crippen LogP contribution in [0.1, 0.15) is 17.5 Å². The molecule has 0 radical (unpaired) electrons. The predicted molar refractivity (Wildman–Crippen MR) is 59.9 cm³/mol. The van der Waals surface area contributed by atoms with E-state index in [4.69, 9.17) is 22.8 Å². The Labute approximate surface area is 90.0 Å². The molecule has 0 atom stereocenters. The molecule has 1 nitrogen and oxygen atoms in total. The van der Waals surface area contributed by atoms with E-state index in [-0.39, 0.29) is 0 Å². The van der Waals surface area contributed by atoms with Gasteiger partial charge in [-0.15, -0.1) is 12.3 Å². The van der Waals surface area contributed by atoms with Crippen molar-refractivity contribution in [2.45, 2.75) is 20.3 Å². The van der Waals surface area contributed by atoms with E-state index in [0.29, 0.717) is 13.0 Å². The van der Waals surface area contributed by atoms with Crippen LogP contribution in [0.4, 0.5) is 0 Å². The van der Waals surface area contributed by atoms with Crippen molar-refractivity contribution >= 4 is 11.6 Å². The maximum Gasteiger partial charge on any atom is 0.125 e. The van der Waals surface area contributed by atoms with Gasteiger partial charge >= 0.3 is 0 Å². The van der Waals surface area contributed by atoms with E-state index < -0.39 is 0 Å². The molecule has 0 N–H and O–H groups in total. The van der Waals surface area contributed by atoms with Gasteiger partial charge in [0.1, 0.15) is 5.75 Å². The number of rotatable bonds is 3. The molecule has 0 aliphatic heterocycles. The van der Waals surface area contributed by atoms with E-state index >= 15 is 0 Å². The van der Waals surface area contributed by atoms with Crippen LogP contribution in [0.25, 0.3) is 0 Å². The molecule has 14 heavy (non-hydrogen) atoms. The maximum absolute atomic E-state index is 5.90. The van der Waals surface area contributed by atoms with Crippen molar-refractivity contribution < 1.29 is 4.74 Å². The van der Waals surface area contributed by atoms with Gasteiger partial charge in [-0.05, 0) is 37.1 Å². The third-order valence-electron chi connectivity index (χ3n) is 1.92. The van der Waals surface area contributed by atoms with Crippen LogP contribution >= 0.6 is 11.6 Å². The Balaban J connectivity index is 2.81. The Kier molecular flexibility index (Phi) is 3.85. The van der Waals surface area contributed by atoms with E-state index in [2.05, 4.69) is 5.92 Å². The highest BCUT2D eigenvalue weighted by Gasteiger charge is 2.04. The van der Waals surface area contributed by atoms with Crippen molar-refractivity contribution in [2.24, 2.45) is 0 Å². The Bertz CT molecular complexity index is 340. The summed E-state index contributed by atoms with van der Waals surface area (Å²) in [4.78, 5) is 0. The first-order valence-electron chi connectivity index (χ1n) is 4.48. The lowest BCUT2D eigenvalue weighted by Gasteiger charge is -2.11. The van der Waals surface area contributed by atoms with E-state index in [1.54, 1.807) is 0 Å². The number of terminal acetylenes is 1. The van der Waals surface area contributed by atoms with Gasteiger partial charge in [0.2, 0.25) is 0 Å². The molecule has 0 saturated heterocycles. The minimum Gasteiger partial charge on any atom is -0.492 e. The number of hydrogen-bond donors (Lipinski definition) is 0. The number of halogens is 1. The van der Waals surface area contributed by atoms with Crippen LogP contribution in [0.3, 0.4) is 0 Å². The normalized spacial score (nSPS) is 9.57. The number of ether oxygens (including phenoxy) is 1. The number of benzene rings is 1. The molecule has 0 aromatic heterocycles. The summed E-state index contributed by atoms with van der Waals surface area (Å²) in [5, 5.41) is 0.740. The van der Waals surface area contributed by atoms with E-state index in [0.717, 1.165) is 21.9 Å². The average Bonchev–Trinajstić information content (AvgIpc) is 2.09. The van der Waals surface area contributed by atoms with Crippen LogP contribution in [0.15, 0.2) is 12.1 Å². The van der Waals surface area contributed by atoms with E-state index in [9.17, 15) is 0 Å². The summed E-state index contributed by atoms with van der Waals surface area (Å²) in [7, 11) is 0. The Hall–Kier alpha value is -1.13. The molecule has 0 spiro atoms. The SMILES string of the molecule is C#CCCOc1c(C)cc(Cl)cc1C. The van der Waals surface area contributed by atoms with Crippen LogP contribution in [0.5, 0.6) is 5.75 Å². The highest BCUT2D eigenvalue weighted by molar-refractivity contribution is 6.30. The zero-order valence-electron chi connectivity index (χ0n) is 8.43. The molecule has 1 aromatic carbocycles. The first-order chi connectivity index (χ1) is 6.65. The fraction of sp³-hybridized carbons (Fsp3) is 0.333. The lowest BCUT2D eigenvalue weighted by molar-refractivity contribution is 0.323. The molecule has 0 aliphatic rings. The fourth-order valence-corrected chi connectivity index (χ4v) is 1.66. The van der Waals surface area contributed by atoms with Crippen molar-refractivity contribution in [3.8, 4) is 18.1 Å². The molecule has 0 aliphatic carbocycles. The second-order valence-electron chi connectivity index (χ2n) is 3.17. The van der Waals surface area contributed by atoms with Gasteiger partial charge in [-0.2, -0.15) is 0 Å². The molecule has 0 fully saturated rings. The Morgan fingerprint density at radius 3 is 2.43 bits per heavy atom. The second kappa shape index (κ2) is 4.93. The fourth-order valence-electron chi connectivity index (χ4n) is 1.34. The largest absolute Gasteiger partial charge is 0.492 e. The molecule has 0 saturated carbocycles. The second-order valence-corrected chi connectivity index (χ2v) is 3.61. The Morgan fingerprint density at radius 2 is 1.93 bits per heavy atom. The number of hydrogen-bond acceptors (Lipinski definition) is 1. The Morgan fingerprint density at radius 1 is 1.36 bits per heavy atom. The zero-order valence-corrected chi connectivity index (χ0v) is 9.19. The van der Waals surface area contributed by atoms with Gasteiger partial charge in [0.05, 0.1) is 6.61 Å². The first-order valence-corrected chi connectivity index (χ1v) is 4.86. The summed E-state index contributed by atoms with van der Waals surface area (Å²) in [6.07, 6.45) is 5.77. The maximum atomic E-state index is 5.90. The smallest absolute Gasteiger partial charge is 0.125 e. The van der Waals surface area contributed by atoms with Crippen molar-refractivity contribution in [3.05, 3.63) is 28.3 Å². The summed E-state index contributed by atoms with van der Waals surface area (Å²) >= 11 is 5.90. The zero-order chi connectivity index (χ0) is 10.6. The van der Waals surface area contributed by atoms with Gasteiger partial charge < -0.3 is 4.74 Å². The van der Waals surface area contributed by atoms with Crippen molar-refractivity contribution in [2.75, 3.05) is 6.61 Å². The summed E-state index contributed by atoms with van der Waals surface area (Å²) in [6, 6.07) is 3.78. The van der Waals surface area contributed by atoms with Crippen LogP contribution in [0.2, 0.25) is 5.02 Å². The van der Waals surface area contributed by atoms with Gasteiger partial charge in [-0.25, -0.2) is 0 Å². The minimum atomic E-state index is 0.555. The molecule has 0 unspecified atom stereocenters. The lowest BCUT2D eigenvalue weighted by atomic mass is 10.1. The van der Waals surface area contributed by atoms with Gasteiger partial charge in [0, 0.05) is 11.4 Å². The third kappa shape index (κ3) is 2.68. The molecular formula is C12H13ClO. The molecule has 0 heterocycles. The monoisotopic (exact) mass is 208 g/mol. The van der Waals surface area contributed by atoms with Gasteiger partial charge in [0.15, 0.2) is 0 Å². The third-order valence-corrected chi connectivity index (χ3v) is 2.14. The molecule has 0 bridgehead atoms. The summed E-state index contributed by atoms with van der Waals surface area (Å²) in [5.74, 6) is 3.43. The lowest BCUT2D eigenvalue weighted by Crippen LogP contribution is -1.99. The van der Waals surface area contributed by atoms with Crippen LogP contribution in [0, 0.1) is 26.2 Å². The first kappa shape index (κ1) is 10.9. The highest BCUT2D eigenvalue weighted by atomic mass is 35.5. The van der Waals surface area contributed by atoms with Gasteiger partial charge in [-0.3, -0.25) is 0 Å². The molecule has 0 amide bonds. The quantitative estimate of drug-likeness (QED) is 0.547. The molecule has 2 heteroatoms. The summed E-state index contributed by atoms with van der Waals surface area (Å²) in [6.45, 7) is 4.51. The van der Waals surface area contributed by atoms with Crippen molar-refractivity contribution in [3.63, 3.8) is 0 Å². The van der Waals surface area contributed by atoms with Gasteiger partial charge in [0.25, 0.3) is 0 Å². The highest BCUT2D eigenvalue weighted by Crippen LogP contribution is 2.26.